The zero-order valence-electron chi connectivity index (χ0n) is 13.3. The molecular weight excluding hydrogens is 385 g/mol. The van der Waals surface area contributed by atoms with E-state index in [4.69, 9.17) is 27.9 Å². The second kappa shape index (κ2) is 6.52. The van der Waals surface area contributed by atoms with Crippen molar-refractivity contribution in [1.29, 1.82) is 0 Å². The predicted octanol–water partition coefficient (Wildman–Crippen LogP) is 3.95. The van der Waals surface area contributed by atoms with Crippen LogP contribution in [0.5, 0.6) is 5.75 Å². The van der Waals surface area contributed by atoms with Gasteiger partial charge in [-0.15, -0.1) is 0 Å². The third-order valence-electron chi connectivity index (χ3n) is 4.17. The Morgan fingerprint density at radius 3 is 2.24 bits per heavy atom. The number of carbonyl (C=O) groups excluding carboxylic acids is 1. The molecule has 1 fully saturated rings. The van der Waals surface area contributed by atoms with E-state index >= 15 is 0 Å². The lowest BCUT2D eigenvalue weighted by Crippen LogP contribution is -2.37. The van der Waals surface area contributed by atoms with Crippen LogP contribution in [0.2, 0.25) is 10.0 Å². The van der Waals surface area contributed by atoms with E-state index < -0.39 is 20.5 Å². The molecule has 2 aromatic rings. The van der Waals surface area contributed by atoms with Gasteiger partial charge in [-0.2, -0.15) is 0 Å². The van der Waals surface area contributed by atoms with Crippen molar-refractivity contribution in [2.75, 3.05) is 12.4 Å². The summed E-state index contributed by atoms with van der Waals surface area (Å²) in [6, 6.07) is 10.5. The molecule has 2 aromatic carbocycles. The van der Waals surface area contributed by atoms with Gasteiger partial charge in [0.15, 0.2) is 14.6 Å². The molecule has 0 spiro atoms. The van der Waals surface area contributed by atoms with Crippen LogP contribution in [0.25, 0.3) is 0 Å². The summed E-state index contributed by atoms with van der Waals surface area (Å²) in [5.74, 6) is -0.194. The Labute approximate surface area is 155 Å². The van der Waals surface area contributed by atoms with Gasteiger partial charge in [-0.1, -0.05) is 23.2 Å². The Morgan fingerprint density at radius 1 is 1.08 bits per heavy atom. The number of nitrogens with one attached hydrogen (secondary N) is 1. The topological polar surface area (TPSA) is 72.5 Å². The van der Waals surface area contributed by atoms with Crippen LogP contribution in [0, 0.1) is 0 Å². The molecule has 132 valence electrons. The number of carbonyl (C=O) groups is 1. The van der Waals surface area contributed by atoms with Gasteiger partial charge in [0.2, 0.25) is 5.91 Å². The SMILES string of the molecule is COc1ccc(Cl)cc1NC(=O)C1(S(=O)(=O)c2ccc(Cl)cc2)CC1. The van der Waals surface area contributed by atoms with E-state index in [1.807, 2.05) is 0 Å². The highest BCUT2D eigenvalue weighted by Gasteiger charge is 2.61. The number of ether oxygens (including phenoxy) is 1. The van der Waals surface area contributed by atoms with Crippen LogP contribution in [-0.4, -0.2) is 26.2 Å². The summed E-state index contributed by atoms with van der Waals surface area (Å²) in [5, 5.41) is 3.47. The first-order valence-electron chi connectivity index (χ1n) is 7.45. The zero-order chi connectivity index (χ0) is 18.2. The lowest BCUT2D eigenvalue weighted by atomic mass is 10.2. The van der Waals surface area contributed by atoms with Crippen molar-refractivity contribution < 1.29 is 17.9 Å². The van der Waals surface area contributed by atoms with Gasteiger partial charge < -0.3 is 10.1 Å². The fourth-order valence-corrected chi connectivity index (χ4v) is 4.76. The van der Waals surface area contributed by atoms with Crippen LogP contribution in [0.15, 0.2) is 47.4 Å². The van der Waals surface area contributed by atoms with Gasteiger partial charge in [0.05, 0.1) is 17.7 Å². The molecule has 8 heteroatoms. The molecule has 0 unspecified atom stereocenters. The number of hydrogen-bond donors (Lipinski definition) is 1. The van der Waals surface area contributed by atoms with E-state index in [0.29, 0.717) is 21.5 Å². The van der Waals surface area contributed by atoms with Gasteiger partial charge in [0.25, 0.3) is 0 Å². The van der Waals surface area contributed by atoms with Gasteiger partial charge in [0.1, 0.15) is 5.75 Å². The van der Waals surface area contributed by atoms with E-state index in [2.05, 4.69) is 5.32 Å². The third-order valence-corrected chi connectivity index (χ3v) is 7.17. The number of methoxy groups -OCH3 is 1. The molecule has 0 saturated heterocycles. The largest absolute Gasteiger partial charge is 0.495 e. The molecule has 0 aliphatic heterocycles. The summed E-state index contributed by atoms with van der Waals surface area (Å²) >= 11 is 11.8. The minimum atomic E-state index is -3.84. The first-order chi connectivity index (χ1) is 11.8. The highest BCUT2D eigenvalue weighted by molar-refractivity contribution is 7.94. The molecule has 0 radical (unpaired) electrons. The Morgan fingerprint density at radius 2 is 1.68 bits per heavy atom. The molecule has 1 aliphatic carbocycles. The lowest BCUT2D eigenvalue weighted by Gasteiger charge is -2.18. The van der Waals surface area contributed by atoms with Gasteiger partial charge in [-0.3, -0.25) is 4.79 Å². The molecule has 0 bridgehead atoms. The summed E-state index contributed by atoms with van der Waals surface area (Å²) in [4.78, 5) is 12.8. The van der Waals surface area contributed by atoms with Gasteiger partial charge >= 0.3 is 0 Å². The monoisotopic (exact) mass is 399 g/mol. The molecule has 3 rings (SSSR count). The summed E-state index contributed by atoms with van der Waals surface area (Å²) in [6.07, 6.45) is 0.513. The standard InChI is InChI=1S/C17H15Cl2NO4S/c1-24-15-7-4-12(19)10-14(15)20-16(21)17(8-9-17)25(22,23)13-5-2-11(18)3-6-13/h2-7,10H,8-9H2,1H3,(H,20,21). The minimum absolute atomic E-state index is 0.0719. The van der Waals surface area contributed by atoms with Crippen LogP contribution in [0.4, 0.5) is 5.69 Å². The van der Waals surface area contributed by atoms with Crippen LogP contribution in [0.3, 0.4) is 0 Å². The molecule has 1 saturated carbocycles. The minimum Gasteiger partial charge on any atom is -0.495 e. The smallest absolute Gasteiger partial charge is 0.246 e. The number of benzene rings is 2. The molecule has 1 aliphatic rings. The molecule has 0 aromatic heterocycles. The van der Waals surface area contributed by atoms with E-state index in [-0.39, 0.29) is 17.7 Å². The van der Waals surface area contributed by atoms with Crippen molar-refractivity contribution in [2.24, 2.45) is 0 Å². The van der Waals surface area contributed by atoms with Crippen molar-refractivity contribution in [1.82, 2.24) is 0 Å². The zero-order valence-corrected chi connectivity index (χ0v) is 15.6. The molecule has 25 heavy (non-hydrogen) atoms. The fraction of sp³-hybridized carbons (Fsp3) is 0.235. The normalized spacial score (nSPS) is 15.5. The van der Waals surface area contributed by atoms with Crippen molar-refractivity contribution in [3.05, 3.63) is 52.5 Å². The molecule has 0 atom stereocenters. The second-order valence-electron chi connectivity index (χ2n) is 5.75. The van der Waals surface area contributed by atoms with Gasteiger partial charge in [-0.05, 0) is 55.3 Å². The number of anilines is 1. The maximum absolute atomic E-state index is 12.9. The van der Waals surface area contributed by atoms with Crippen LogP contribution >= 0.6 is 23.2 Å². The lowest BCUT2D eigenvalue weighted by molar-refractivity contribution is -0.116. The van der Waals surface area contributed by atoms with Crippen molar-refractivity contribution in [2.45, 2.75) is 22.5 Å². The summed E-state index contributed by atoms with van der Waals surface area (Å²) in [7, 11) is -2.38. The molecule has 5 nitrogen and oxygen atoms in total. The number of rotatable bonds is 5. The Balaban J connectivity index is 1.92. The summed E-state index contributed by atoms with van der Waals surface area (Å²) in [5.41, 5.74) is 0.331. The highest BCUT2D eigenvalue weighted by Crippen LogP contribution is 2.48. The molecule has 0 heterocycles. The van der Waals surface area contributed by atoms with Crippen molar-refractivity contribution in [3.8, 4) is 5.75 Å². The maximum Gasteiger partial charge on any atom is 0.246 e. The third kappa shape index (κ3) is 3.21. The van der Waals surface area contributed by atoms with Crippen LogP contribution < -0.4 is 10.1 Å². The van der Waals surface area contributed by atoms with Crippen molar-refractivity contribution >= 4 is 44.6 Å². The van der Waals surface area contributed by atoms with E-state index in [1.54, 1.807) is 12.1 Å². The van der Waals surface area contributed by atoms with Crippen molar-refractivity contribution in [3.63, 3.8) is 0 Å². The van der Waals surface area contributed by atoms with Gasteiger partial charge in [-0.25, -0.2) is 8.42 Å². The Bertz CT molecular complexity index is 922. The highest BCUT2D eigenvalue weighted by atomic mass is 35.5. The summed E-state index contributed by atoms with van der Waals surface area (Å²) < 4.78 is 29.5. The predicted molar refractivity (Wildman–Crippen MR) is 97.2 cm³/mol. The first kappa shape index (κ1) is 18.0. The van der Waals surface area contributed by atoms with Crippen LogP contribution in [0.1, 0.15) is 12.8 Å². The second-order valence-corrected chi connectivity index (χ2v) is 8.88. The number of sulfone groups is 1. The Hall–Kier alpha value is -1.76. The quantitative estimate of drug-likeness (QED) is 0.825. The molecular formula is C17H15Cl2NO4S. The first-order valence-corrected chi connectivity index (χ1v) is 9.69. The number of amides is 1. The molecule has 1 amide bonds. The van der Waals surface area contributed by atoms with E-state index in [1.165, 1.54) is 37.4 Å². The van der Waals surface area contributed by atoms with Crippen LogP contribution in [-0.2, 0) is 14.6 Å². The average molecular weight is 400 g/mol. The number of hydrogen-bond acceptors (Lipinski definition) is 4. The van der Waals surface area contributed by atoms with Gasteiger partial charge in [0, 0.05) is 10.0 Å². The molecule has 1 N–H and O–H groups in total. The average Bonchev–Trinajstić information content (AvgIpc) is 3.38. The van der Waals surface area contributed by atoms with E-state index in [0.717, 1.165) is 0 Å². The number of halogens is 2. The Kier molecular flexibility index (Phi) is 4.70. The fourth-order valence-electron chi connectivity index (χ4n) is 2.58. The van der Waals surface area contributed by atoms with E-state index in [9.17, 15) is 13.2 Å². The summed E-state index contributed by atoms with van der Waals surface area (Å²) in [6.45, 7) is 0. The maximum atomic E-state index is 12.9.